The Kier molecular flexibility index (Phi) is 7.72. The van der Waals surface area contributed by atoms with Gasteiger partial charge in [-0.3, -0.25) is 0 Å². The van der Waals surface area contributed by atoms with E-state index in [0.29, 0.717) is 22.7 Å². The first-order valence-corrected chi connectivity index (χ1v) is 12.6. The van der Waals surface area contributed by atoms with Gasteiger partial charge in [-0.25, -0.2) is 9.78 Å². The molecule has 6 heteroatoms. The van der Waals surface area contributed by atoms with Gasteiger partial charge in [0.2, 0.25) is 5.89 Å². The lowest BCUT2D eigenvalue weighted by atomic mass is 9.73. The number of rotatable bonds is 9. The third-order valence-corrected chi connectivity index (χ3v) is 7.01. The van der Waals surface area contributed by atoms with Gasteiger partial charge in [0.1, 0.15) is 12.6 Å². The number of nitrogens with zero attached hydrogens (tertiary/aromatic N) is 2. The Labute approximate surface area is 208 Å². The molecule has 1 fully saturated rings. The summed E-state index contributed by atoms with van der Waals surface area (Å²) in [6, 6.07) is 19.4. The zero-order valence-electron chi connectivity index (χ0n) is 21.0. The van der Waals surface area contributed by atoms with Crippen molar-refractivity contribution in [3.05, 3.63) is 89.6 Å². The van der Waals surface area contributed by atoms with Crippen LogP contribution < -0.4 is 0 Å². The number of benzene rings is 2. The van der Waals surface area contributed by atoms with Crippen molar-refractivity contribution in [2.45, 2.75) is 57.3 Å². The zero-order valence-corrected chi connectivity index (χ0v) is 21.0. The topological polar surface area (TPSA) is 72.6 Å². The van der Waals surface area contributed by atoms with Crippen molar-refractivity contribution < 1.29 is 23.5 Å². The van der Waals surface area contributed by atoms with E-state index in [0.717, 1.165) is 36.8 Å². The lowest BCUT2D eigenvalue weighted by Gasteiger charge is -2.36. The van der Waals surface area contributed by atoms with Crippen LogP contribution in [-0.2, 0) is 21.7 Å². The molecule has 1 N–H and O–H groups in total. The van der Waals surface area contributed by atoms with Gasteiger partial charge >= 0.3 is 5.97 Å². The predicted molar refractivity (Wildman–Crippen MR) is 134 cm³/mol. The summed E-state index contributed by atoms with van der Waals surface area (Å²) in [7, 11) is 3.92. The molecule has 1 aromatic heterocycles. The van der Waals surface area contributed by atoms with Crippen molar-refractivity contribution in [3.63, 3.8) is 0 Å². The molecule has 2 aromatic carbocycles. The van der Waals surface area contributed by atoms with Crippen molar-refractivity contribution in [2.75, 3.05) is 20.6 Å². The molecule has 0 spiro atoms. The van der Waals surface area contributed by atoms with E-state index in [2.05, 4.69) is 4.98 Å². The van der Waals surface area contributed by atoms with Crippen LogP contribution in [0.15, 0.2) is 71.3 Å². The minimum Gasteiger partial charge on any atom is -0.454 e. The summed E-state index contributed by atoms with van der Waals surface area (Å²) in [6.07, 6.45) is 6.65. The Hall–Kier alpha value is -2.96. The number of hydrogen-bond acceptors (Lipinski definition) is 5. The van der Waals surface area contributed by atoms with E-state index in [1.807, 2.05) is 81.7 Å². The van der Waals surface area contributed by atoms with Gasteiger partial charge in [-0.2, -0.15) is 0 Å². The van der Waals surface area contributed by atoms with Crippen LogP contribution in [0.5, 0.6) is 0 Å². The van der Waals surface area contributed by atoms with Gasteiger partial charge in [-0.15, -0.1) is 0 Å². The molecule has 0 radical (unpaired) electrons. The van der Waals surface area contributed by atoms with E-state index < -0.39 is 5.60 Å². The van der Waals surface area contributed by atoms with Gasteiger partial charge in [0.15, 0.2) is 17.9 Å². The highest BCUT2D eigenvalue weighted by atomic mass is 16.5. The van der Waals surface area contributed by atoms with Crippen LogP contribution in [0.1, 0.15) is 67.9 Å². The van der Waals surface area contributed by atoms with E-state index in [-0.39, 0.29) is 24.5 Å². The maximum Gasteiger partial charge on any atom is 0.362 e. The van der Waals surface area contributed by atoms with Gasteiger partial charge in [-0.05, 0) is 30.9 Å². The average Bonchev–Trinajstić information content (AvgIpc) is 3.32. The number of likely N-dealkylation sites (N-methyl/N-ethyl adjacent to an activating group) is 1. The molecule has 35 heavy (non-hydrogen) atoms. The van der Waals surface area contributed by atoms with Gasteiger partial charge in [-0.1, -0.05) is 79.9 Å². The standard InChI is InChI=1S/C29H37N2O4/c1-22(23-13-7-4-8-14-23)34-27(32)21-31(2,3)20-26-19-30-28(35-26)29(33,24-15-9-5-10-16-24)25-17-11-6-12-18-25/h4-5,7-10,13-16,19,22,25,33H,6,11-12,17-18,20-21H2,1-3H3/q+1/t22-,29+/m1/s1. The predicted octanol–water partition coefficient (Wildman–Crippen LogP) is 5.37. The smallest absolute Gasteiger partial charge is 0.362 e. The maximum atomic E-state index is 12.7. The van der Waals surface area contributed by atoms with Crippen LogP contribution in [0.4, 0.5) is 0 Å². The lowest BCUT2D eigenvalue weighted by Crippen LogP contribution is -2.43. The zero-order chi connectivity index (χ0) is 24.9. The number of aliphatic hydroxyl groups is 1. The molecule has 0 bridgehead atoms. The van der Waals surface area contributed by atoms with Crippen molar-refractivity contribution in [3.8, 4) is 0 Å². The molecule has 0 amide bonds. The quantitative estimate of drug-likeness (QED) is 0.331. The van der Waals surface area contributed by atoms with Crippen LogP contribution in [0.25, 0.3) is 0 Å². The van der Waals surface area contributed by atoms with Gasteiger partial charge in [0.25, 0.3) is 0 Å². The third kappa shape index (κ3) is 6.00. The van der Waals surface area contributed by atoms with Crippen molar-refractivity contribution in [2.24, 2.45) is 5.92 Å². The summed E-state index contributed by atoms with van der Waals surface area (Å²) < 4.78 is 12.2. The molecule has 0 aliphatic heterocycles. The second-order valence-corrected chi connectivity index (χ2v) is 10.4. The molecular formula is C29H37N2O4+. The number of ether oxygens (including phenoxy) is 1. The molecule has 6 nitrogen and oxygen atoms in total. The van der Waals surface area contributed by atoms with Crippen LogP contribution in [0, 0.1) is 5.92 Å². The molecule has 2 atom stereocenters. The van der Waals surface area contributed by atoms with Crippen LogP contribution in [-0.4, -0.2) is 41.2 Å². The summed E-state index contributed by atoms with van der Waals surface area (Å²) >= 11 is 0. The minimum atomic E-state index is -1.26. The summed E-state index contributed by atoms with van der Waals surface area (Å²) in [5, 5.41) is 12.0. The second kappa shape index (κ2) is 10.8. The minimum absolute atomic E-state index is 0.0575. The number of carbonyl (C=O) groups excluding carboxylic acids is 1. The number of hydrogen-bond donors (Lipinski definition) is 1. The summed E-state index contributed by atoms with van der Waals surface area (Å²) in [5.74, 6) is 0.765. The molecule has 3 aromatic rings. The van der Waals surface area contributed by atoms with Crippen molar-refractivity contribution in [1.29, 1.82) is 0 Å². The van der Waals surface area contributed by atoms with E-state index >= 15 is 0 Å². The highest BCUT2D eigenvalue weighted by Crippen LogP contribution is 2.43. The third-order valence-electron chi connectivity index (χ3n) is 7.01. The van der Waals surface area contributed by atoms with Gasteiger partial charge in [0, 0.05) is 5.92 Å². The van der Waals surface area contributed by atoms with E-state index in [1.54, 1.807) is 6.20 Å². The average molecular weight is 478 g/mol. The number of esters is 1. The van der Waals surface area contributed by atoms with Gasteiger partial charge in [0.05, 0.1) is 20.3 Å². The first-order valence-electron chi connectivity index (χ1n) is 12.6. The highest BCUT2D eigenvalue weighted by molar-refractivity contribution is 5.70. The van der Waals surface area contributed by atoms with E-state index in [1.165, 1.54) is 6.42 Å². The van der Waals surface area contributed by atoms with Crippen molar-refractivity contribution >= 4 is 5.97 Å². The Morgan fingerprint density at radius 3 is 2.37 bits per heavy atom. The number of oxazole rings is 1. The molecule has 1 saturated carbocycles. The SMILES string of the molecule is C[C@@H](OC(=O)C[N+](C)(C)Cc1cnc([C@](O)(c2ccccc2)C2CCCCC2)o1)c1ccccc1. The lowest BCUT2D eigenvalue weighted by molar-refractivity contribution is -0.897. The van der Waals surface area contributed by atoms with E-state index in [4.69, 9.17) is 9.15 Å². The first-order chi connectivity index (χ1) is 16.8. The Morgan fingerprint density at radius 1 is 1.09 bits per heavy atom. The monoisotopic (exact) mass is 477 g/mol. The van der Waals surface area contributed by atoms with Crippen LogP contribution >= 0.6 is 0 Å². The Balaban J connectivity index is 1.47. The van der Waals surface area contributed by atoms with Crippen LogP contribution in [0.2, 0.25) is 0 Å². The molecule has 1 aliphatic rings. The number of aromatic nitrogens is 1. The largest absolute Gasteiger partial charge is 0.454 e. The molecular weight excluding hydrogens is 440 g/mol. The molecule has 1 aliphatic carbocycles. The molecule has 1 heterocycles. The molecule has 0 unspecified atom stereocenters. The fourth-order valence-electron chi connectivity index (χ4n) is 5.16. The van der Waals surface area contributed by atoms with Gasteiger partial charge < -0.3 is 18.7 Å². The molecule has 4 rings (SSSR count). The summed E-state index contributed by atoms with van der Waals surface area (Å²) in [5.41, 5.74) is 0.516. The Morgan fingerprint density at radius 2 is 1.71 bits per heavy atom. The molecule has 186 valence electrons. The van der Waals surface area contributed by atoms with E-state index in [9.17, 15) is 9.90 Å². The summed E-state index contributed by atoms with van der Waals surface area (Å²) in [6.45, 7) is 2.53. The normalized spacial score (nSPS) is 17.5. The summed E-state index contributed by atoms with van der Waals surface area (Å²) in [4.78, 5) is 17.2. The number of quaternary nitrogens is 1. The first kappa shape index (κ1) is 25.1. The highest BCUT2D eigenvalue weighted by Gasteiger charge is 2.45. The maximum absolute atomic E-state index is 12.7. The fourth-order valence-corrected chi connectivity index (χ4v) is 5.16. The van der Waals surface area contributed by atoms with Crippen LogP contribution in [0.3, 0.4) is 0 Å². The van der Waals surface area contributed by atoms with Crippen molar-refractivity contribution in [1.82, 2.24) is 4.98 Å². The fraction of sp³-hybridized carbons (Fsp3) is 0.448. The second-order valence-electron chi connectivity index (χ2n) is 10.4. The molecule has 0 saturated heterocycles. The number of carbonyl (C=O) groups is 1. The Bertz CT molecular complexity index is 1090.